The number of aromatic hydroxyl groups is 2. The van der Waals surface area contributed by atoms with Crippen molar-refractivity contribution in [3.8, 4) is 11.5 Å². The zero-order valence-electron chi connectivity index (χ0n) is 14.1. The van der Waals surface area contributed by atoms with E-state index in [4.69, 9.17) is 0 Å². The molecule has 2 rings (SSSR count). The lowest BCUT2D eigenvalue weighted by Gasteiger charge is -2.18. The number of rotatable bonds is 4. The van der Waals surface area contributed by atoms with Crippen molar-refractivity contribution in [3.63, 3.8) is 0 Å². The molecule has 0 heterocycles. The Morgan fingerprint density at radius 3 is 2.09 bits per heavy atom. The lowest BCUT2D eigenvalue weighted by atomic mass is 9.91. The molecule has 0 radical (unpaired) electrons. The SMILES string of the molecule is Cc1c(C)c(O)c(Cc2ccccc2)c(C=CC(C)(C)O)c1O. The lowest BCUT2D eigenvalue weighted by Crippen LogP contribution is -2.13. The van der Waals surface area contributed by atoms with Crippen LogP contribution in [0.3, 0.4) is 0 Å². The van der Waals surface area contributed by atoms with Crippen molar-refractivity contribution in [2.45, 2.75) is 39.7 Å². The summed E-state index contributed by atoms with van der Waals surface area (Å²) in [5.74, 6) is 0.339. The first-order chi connectivity index (χ1) is 10.7. The van der Waals surface area contributed by atoms with Gasteiger partial charge in [-0.1, -0.05) is 42.5 Å². The van der Waals surface area contributed by atoms with Crippen molar-refractivity contribution in [2.24, 2.45) is 0 Å². The van der Waals surface area contributed by atoms with Crippen LogP contribution in [0.4, 0.5) is 0 Å². The van der Waals surface area contributed by atoms with Crippen LogP contribution >= 0.6 is 0 Å². The lowest BCUT2D eigenvalue weighted by molar-refractivity contribution is 0.134. The maximum atomic E-state index is 10.6. The van der Waals surface area contributed by atoms with Gasteiger partial charge >= 0.3 is 0 Å². The Morgan fingerprint density at radius 2 is 1.52 bits per heavy atom. The predicted octanol–water partition coefficient (Wildman–Crippen LogP) is 4.09. The average Bonchev–Trinajstić information content (AvgIpc) is 2.50. The summed E-state index contributed by atoms with van der Waals surface area (Å²) in [4.78, 5) is 0. The average molecular weight is 312 g/mol. The van der Waals surface area contributed by atoms with Crippen molar-refractivity contribution in [2.75, 3.05) is 0 Å². The first-order valence-corrected chi connectivity index (χ1v) is 7.70. The third-order valence-electron chi connectivity index (χ3n) is 4.02. The van der Waals surface area contributed by atoms with Gasteiger partial charge in [-0.05, 0) is 44.4 Å². The van der Waals surface area contributed by atoms with Crippen LogP contribution in [-0.4, -0.2) is 20.9 Å². The second-order valence-electron chi connectivity index (χ2n) is 6.49. The van der Waals surface area contributed by atoms with Gasteiger partial charge in [0.25, 0.3) is 0 Å². The molecule has 0 aliphatic rings. The zero-order valence-corrected chi connectivity index (χ0v) is 14.1. The summed E-state index contributed by atoms with van der Waals surface area (Å²) in [5.41, 5.74) is 2.59. The largest absolute Gasteiger partial charge is 0.507 e. The Balaban J connectivity index is 2.60. The fraction of sp³-hybridized carbons (Fsp3) is 0.300. The van der Waals surface area contributed by atoms with Gasteiger partial charge in [0.05, 0.1) is 5.60 Å². The minimum atomic E-state index is -0.995. The molecule has 2 aromatic carbocycles. The van der Waals surface area contributed by atoms with E-state index in [1.54, 1.807) is 39.8 Å². The van der Waals surface area contributed by atoms with E-state index in [0.29, 0.717) is 28.7 Å². The third kappa shape index (κ3) is 3.93. The number of phenols is 2. The van der Waals surface area contributed by atoms with E-state index >= 15 is 0 Å². The summed E-state index contributed by atoms with van der Waals surface area (Å²) in [6.07, 6.45) is 3.80. The minimum absolute atomic E-state index is 0.145. The van der Waals surface area contributed by atoms with Crippen LogP contribution in [0, 0.1) is 13.8 Å². The molecule has 0 aromatic heterocycles. The topological polar surface area (TPSA) is 60.7 Å². The maximum absolute atomic E-state index is 10.6. The van der Waals surface area contributed by atoms with Crippen LogP contribution in [0.2, 0.25) is 0 Å². The van der Waals surface area contributed by atoms with Crippen LogP contribution in [-0.2, 0) is 6.42 Å². The highest BCUT2D eigenvalue weighted by molar-refractivity contribution is 5.70. The molecule has 0 saturated heterocycles. The van der Waals surface area contributed by atoms with Crippen molar-refractivity contribution in [1.29, 1.82) is 0 Å². The first kappa shape index (κ1) is 17.1. The normalized spacial score (nSPS) is 12.0. The Labute approximate surface area is 137 Å². The fourth-order valence-corrected chi connectivity index (χ4v) is 2.50. The molecule has 0 aliphatic heterocycles. The van der Waals surface area contributed by atoms with E-state index in [-0.39, 0.29) is 11.5 Å². The smallest absolute Gasteiger partial charge is 0.126 e. The highest BCUT2D eigenvalue weighted by Crippen LogP contribution is 2.39. The molecule has 0 bridgehead atoms. The van der Waals surface area contributed by atoms with Gasteiger partial charge in [0.1, 0.15) is 11.5 Å². The summed E-state index contributed by atoms with van der Waals surface area (Å²) in [6.45, 7) is 6.90. The molecule has 3 N–H and O–H groups in total. The van der Waals surface area contributed by atoms with Crippen LogP contribution in [0.5, 0.6) is 11.5 Å². The summed E-state index contributed by atoms with van der Waals surface area (Å²) in [6, 6.07) is 9.79. The molecule has 122 valence electrons. The number of phenolic OH excluding ortho intramolecular Hbond substituents is 2. The van der Waals surface area contributed by atoms with Gasteiger partial charge < -0.3 is 15.3 Å². The molecule has 0 atom stereocenters. The van der Waals surface area contributed by atoms with E-state index in [9.17, 15) is 15.3 Å². The van der Waals surface area contributed by atoms with Crippen molar-refractivity contribution in [3.05, 3.63) is 64.2 Å². The molecule has 2 aromatic rings. The molecule has 3 heteroatoms. The maximum Gasteiger partial charge on any atom is 0.126 e. The summed E-state index contributed by atoms with van der Waals surface area (Å²) in [5, 5.41) is 31.0. The van der Waals surface area contributed by atoms with Gasteiger partial charge in [-0.2, -0.15) is 0 Å². The van der Waals surface area contributed by atoms with Crippen molar-refractivity contribution < 1.29 is 15.3 Å². The van der Waals surface area contributed by atoms with E-state index in [0.717, 1.165) is 5.56 Å². The fourth-order valence-electron chi connectivity index (χ4n) is 2.50. The van der Waals surface area contributed by atoms with Crippen molar-refractivity contribution >= 4 is 6.08 Å². The number of hydrogen-bond acceptors (Lipinski definition) is 3. The van der Waals surface area contributed by atoms with Gasteiger partial charge in [-0.15, -0.1) is 0 Å². The molecule has 23 heavy (non-hydrogen) atoms. The van der Waals surface area contributed by atoms with Gasteiger partial charge in [0, 0.05) is 17.5 Å². The zero-order chi connectivity index (χ0) is 17.2. The monoisotopic (exact) mass is 312 g/mol. The predicted molar refractivity (Wildman–Crippen MR) is 93.8 cm³/mol. The van der Waals surface area contributed by atoms with Gasteiger partial charge in [0.2, 0.25) is 0 Å². The van der Waals surface area contributed by atoms with Crippen LogP contribution in [0.25, 0.3) is 6.08 Å². The molecule has 0 fully saturated rings. The second-order valence-corrected chi connectivity index (χ2v) is 6.49. The van der Waals surface area contributed by atoms with Crippen LogP contribution in [0.1, 0.15) is 41.7 Å². The molecular weight excluding hydrogens is 288 g/mol. The molecule has 0 spiro atoms. The molecular formula is C20H24O3. The Kier molecular flexibility index (Phi) is 4.81. The van der Waals surface area contributed by atoms with Crippen LogP contribution in [0.15, 0.2) is 36.4 Å². The van der Waals surface area contributed by atoms with Gasteiger partial charge in [-0.3, -0.25) is 0 Å². The second kappa shape index (κ2) is 6.47. The highest BCUT2D eigenvalue weighted by Gasteiger charge is 2.19. The minimum Gasteiger partial charge on any atom is -0.507 e. The number of benzene rings is 2. The molecule has 0 amide bonds. The summed E-state index contributed by atoms with van der Waals surface area (Å²) >= 11 is 0. The number of aliphatic hydroxyl groups is 1. The Hall–Kier alpha value is -2.26. The van der Waals surface area contributed by atoms with E-state index < -0.39 is 5.60 Å². The Morgan fingerprint density at radius 1 is 0.957 bits per heavy atom. The van der Waals surface area contributed by atoms with Crippen LogP contribution < -0.4 is 0 Å². The summed E-state index contributed by atoms with van der Waals surface area (Å²) < 4.78 is 0. The van der Waals surface area contributed by atoms with E-state index in [2.05, 4.69) is 0 Å². The number of hydrogen-bond donors (Lipinski definition) is 3. The highest BCUT2D eigenvalue weighted by atomic mass is 16.3. The molecule has 0 aliphatic carbocycles. The van der Waals surface area contributed by atoms with E-state index in [1.165, 1.54) is 0 Å². The quantitative estimate of drug-likeness (QED) is 0.745. The standard InChI is InChI=1S/C20H24O3/c1-13-14(2)19(22)17(12-15-8-6-5-7-9-15)16(18(13)21)10-11-20(3,4)23/h5-11,21-23H,12H2,1-4H3. The molecule has 0 saturated carbocycles. The first-order valence-electron chi connectivity index (χ1n) is 7.70. The Bertz CT molecular complexity index is 723. The van der Waals surface area contributed by atoms with Gasteiger partial charge in [-0.25, -0.2) is 0 Å². The molecule has 0 unspecified atom stereocenters. The van der Waals surface area contributed by atoms with Crippen molar-refractivity contribution in [1.82, 2.24) is 0 Å². The summed E-state index contributed by atoms with van der Waals surface area (Å²) in [7, 11) is 0. The third-order valence-corrected chi connectivity index (χ3v) is 4.02. The van der Waals surface area contributed by atoms with E-state index in [1.807, 2.05) is 30.3 Å². The van der Waals surface area contributed by atoms with Gasteiger partial charge in [0.15, 0.2) is 0 Å². The molecule has 3 nitrogen and oxygen atoms in total.